The van der Waals surface area contributed by atoms with Gasteiger partial charge >= 0.3 is 0 Å². The summed E-state index contributed by atoms with van der Waals surface area (Å²) in [5, 5.41) is 13.9. The average Bonchev–Trinajstić information content (AvgIpc) is 2.26. The molecule has 16 heavy (non-hydrogen) atoms. The van der Waals surface area contributed by atoms with E-state index >= 15 is 0 Å². The largest absolute Gasteiger partial charge is 0.351 e. The Morgan fingerprint density at radius 2 is 2.25 bits per heavy atom. The highest BCUT2D eigenvalue weighted by molar-refractivity contribution is 9.09. The number of alkyl halides is 1. The van der Waals surface area contributed by atoms with Crippen molar-refractivity contribution < 1.29 is 9.72 Å². The van der Waals surface area contributed by atoms with Crippen molar-refractivity contribution in [2.45, 2.75) is 6.92 Å². The van der Waals surface area contributed by atoms with Crippen molar-refractivity contribution in [3.63, 3.8) is 0 Å². The summed E-state index contributed by atoms with van der Waals surface area (Å²) in [4.78, 5) is 21.7. The van der Waals surface area contributed by atoms with Gasteiger partial charge in [0, 0.05) is 29.6 Å². The summed E-state index contributed by atoms with van der Waals surface area (Å²) < 4.78 is 0. The number of halogens is 1. The molecule has 0 aliphatic heterocycles. The molecular formula is C10H11BrN2O3. The number of non-ortho nitro benzene ring substituents is 1. The van der Waals surface area contributed by atoms with E-state index in [0.29, 0.717) is 17.4 Å². The Labute approximate surface area is 101 Å². The molecule has 0 spiro atoms. The molecule has 0 saturated carbocycles. The molecule has 0 aliphatic rings. The van der Waals surface area contributed by atoms with Crippen LogP contribution >= 0.6 is 15.9 Å². The number of aryl methyl sites for hydroxylation is 1. The number of amides is 1. The van der Waals surface area contributed by atoms with Crippen LogP contribution in [0.3, 0.4) is 0 Å². The van der Waals surface area contributed by atoms with Gasteiger partial charge in [-0.3, -0.25) is 14.9 Å². The summed E-state index contributed by atoms with van der Waals surface area (Å²) in [7, 11) is 0. The van der Waals surface area contributed by atoms with Crippen molar-refractivity contribution in [3.05, 3.63) is 39.4 Å². The van der Waals surface area contributed by atoms with Gasteiger partial charge in [0.1, 0.15) is 0 Å². The van der Waals surface area contributed by atoms with E-state index in [1.54, 1.807) is 13.0 Å². The minimum Gasteiger partial charge on any atom is -0.351 e. The third-order valence-electron chi connectivity index (χ3n) is 2.06. The molecule has 0 atom stereocenters. The standard InChI is InChI=1S/C10H11BrN2O3/c1-7-2-3-8(13(15)16)6-9(7)10(14)12-5-4-11/h2-3,6H,4-5H2,1H3,(H,12,14). The molecule has 1 aromatic carbocycles. The molecule has 0 radical (unpaired) electrons. The molecule has 0 fully saturated rings. The fraction of sp³-hybridized carbons (Fsp3) is 0.300. The maximum Gasteiger partial charge on any atom is 0.270 e. The van der Waals surface area contributed by atoms with E-state index in [2.05, 4.69) is 21.2 Å². The van der Waals surface area contributed by atoms with Crippen molar-refractivity contribution in [2.75, 3.05) is 11.9 Å². The Kier molecular flexibility index (Phi) is 4.42. The van der Waals surface area contributed by atoms with E-state index in [1.807, 2.05) is 0 Å². The first-order valence-corrected chi connectivity index (χ1v) is 5.77. The van der Waals surface area contributed by atoms with Crippen molar-refractivity contribution in [3.8, 4) is 0 Å². The Morgan fingerprint density at radius 1 is 1.56 bits per heavy atom. The van der Waals surface area contributed by atoms with Crippen molar-refractivity contribution >= 4 is 27.5 Å². The molecule has 0 aliphatic carbocycles. The second-order valence-electron chi connectivity index (χ2n) is 3.20. The minimum absolute atomic E-state index is 0.0745. The summed E-state index contributed by atoms with van der Waals surface area (Å²) in [5.41, 5.74) is 0.988. The lowest BCUT2D eigenvalue weighted by Crippen LogP contribution is -2.25. The molecule has 0 bridgehead atoms. The Bertz CT molecular complexity index is 421. The van der Waals surface area contributed by atoms with E-state index in [0.717, 1.165) is 5.56 Å². The van der Waals surface area contributed by atoms with Crippen molar-refractivity contribution in [2.24, 2.45) is 0 Å². The lowest BCUT2D eigenvalue weighted by atomic mass is 10.1. The summed E-state index contributed by atoms with van der Waals surface area (Å²) in [5.74, 6) is -0.291. The Morgan fingerprint density at radius 3 is 2.81 bits per heavy atom. The molecule has 1 aromatic rings. The van der Waals surface area contributed by atoms with Crippen LogP contribution in [0.1, 0.15) is 15.9 Å². The Balaban J connectivity index is 2.97. The molecule has 0 unspecified atom stereocenters. The van der Waals surface area contributed by atoms with Crippen LogP contribution in [-0.4, -0.2) is 22.7 Å². The third kappa shape index (κ3) is 3.03. The normalized spacial score (nSPS) is 9.88. The quantitative estimate of drug-likeness (QED) is 0.523. The second kappa shape index (κ2) is 5.60. The van der Waals surface area contributed by atoms with Gasteiger partial charge in [0.2, 0.25) is 0 Å². The SMILES string of the molecule is Cc1ccc([N+](=O)[O-])cc1C(=O)NCCBr. The monoisotopic (exact) mass is 286 g/mol. The van der Waals surface area contributed by atoms with Gasteiger partial charge in [0.05, 0.1) is 4.92 Å². The molecule has 1 amide bonds. The number of carbonyl (C=O) groups is 1. The molecule has 1 N–H and O–H groups in total. The van der Waals surface area contributed by atoms with E-state index < -0.39 is 4.92 Å². The number of hydrogen-bond acceptors (Lipinski definition) is 3. The third-order valence-corrected chi connectivity index (χ3v) is 2.45. The Hall–Kier alpha value is -1.43. The fourth-order valence-electron chi connectivity index (χ4n) is 1.22. The lowest BCUT2D eigenvalue weighted by Gasteiger charge is -2.05. The van der Waals surface area contributed by atoms with Gasteiger partial charge in [0.25, 0.3) is 11.6 Å². The molecule has 0 heterocycles. The number of nitro groups is 1. The highest BCUT2D eigenvalue weighted by atomic mass is 79.9. The summed E-state index contributed by atoms with van der Waals surface area (Å²) in [6.07, 6.45) is 0. The molecule has 5 nitrogen and oxygen atoms in total. The molecular weight excluding hydrogens is 276 g/mol. The van der Waals surface area contributed by atoms with Crippen LogP contribution in [0.4, 0.5) is 5.69 Å². The number of carbonyl (C=O) groups excluding carboxylic acids is 1. The van der Waals surface area contributed by atoms with Gasteiger partial charge in [-0.15, -0.1) is 0 Å². The van der Waals surface area contributed by atoms with Gasteiger partial charge in [-0.05, 0) is 12.5 Å². The number of hydrogen-bond donors (Lipinski definition) is 1. The fourth-order valence-corrected chi connectivity index (χ4v) is 1.42. The first-order chi connectivity index (χ1) is 7.56. The first kappa shape index (κ1) is 12.6. The smallest absolute Gasteiger partial charge is 0.270 e. The minimum atomic E-state index is -0.513. The highest BCUT2D eigenvalue weighted by Gasteiger charge is 2.13. The topological polar surface area (TPSA) is 72.2 Å². The molecule has 86 valence electrons. The number of nitro benzene ring substituents is 1. The van der Waals surface area contributed by atoms with Gasteiger partial charge in [-0.25, -0.2) is 0 Å². The number of benzene rings is 1. The van der Waals surface area contributed by atoms with Crippen LogP contribution in [0.25, 0.3) is 0 Å². The van der Waals surface area contributed by atoms with Gasteiger partial charge in [-0.2, -0.15) is 0 Å². The van der Waals surface area contributed by atoms with Crippen LogP contribution in [0.15, 0.2) is 18.2 Å². The van der Waals surface area contributed by atoms with Crippen LogP contribution in [0, 0.1) is 17.0 Å². The number of rotatable bonds is 4. The van der Waals surface area contributed by atoms with Crippen LogP contribution in [-0.2, 0) is 0 Å². The maximum absolute atomic E-state index is 11.6. The molecule has 6 heteroatoms. The predicted octanol–water partition coefficient (Wildman–Crippen LogP) is 2.03. The van der Waals surface area contributed by atoms with E-state index in [9.17, 15) is 14.9 Å². The van der Waals surface area contributed by atoms with E-state index in [4.69, 9.17) is 0 Å². The lowest BCUT2D eigenvalue weighted by molar-refractivity contribution is -0.384. The van der Waals surface area contributed by atoms with Gasteiger partial charge in [0.15, 0.2) is 0 Å². The highest BCUT2D eigenvalue weighted by Crippen LogP contribution is 2.17. The van der Waals surface area contributed by atoms with Gasteiger partial charge in [-0.1, -0.05) is 22.0 Å². The number of nitrogens with zero attached hydrogens (tertiary/aromatic N) is 1. The van der Waals surface area contributed by atoms with Gasteiger partial charge < -0.3 is 5.32 Å². The molecule has 0 aromatic heterocycles. The first-order valence-electron chi connectivity index (χ1n) is 4.65. The summed E-state index contributed by atoms with van der Waals surface area (Å²) >= 11 is 3.18. The van der Waals surface area contributed by atoms with E-state index in [-0.39, 0.29) is 11.6 Å². The van der Waals surface area contributed by atoms with Crippen molar-refractivity contribution in [1.29, 1.82) is 0 Å². The van der Waals surface area contributed by atoms with Crippen molar-refractivity contribution in [1.82, 2.24) is 5.32 Å². The van der Waals surface area contributed by atoms with Crippen LogP contribution in [0.5, 0.6) is 0 Å². The zero-order valence-corrected chi connectivity index (χ0v) is 10.3. The molecule has 0 saturated heterocycles. The summed E-state index contributed by atoms with van der Waals surface area (Å²) in [6, 6.07) is 4.25. The second-order valence-corrected chi connectivity index (χ2v) is 3.99. The van der Waals surface area contributed by atoms with E-state index in [1.165, 1.54) is 12.1 Å². The summed E-state index contributed by atoms with van der Waals surface area (Å²) in [6.45, 7) is 2.23. The van der Waals surface area contributed by atoms with Crippen LogP contribution < -0.4 is 5.32 Å². The zero-order chi connectivity index (χ0) is 12.1. The zero-order valence-electron chi connectivity index (χ0n) is 8.70. The molecule has 1 rings (SSSR count). The predicted molar refractivity (Wildman–Crippen MR) is 64.0 cm³/mol. The average molecular weight is 287 g/mol. The number of nitrogens with one attached hydrogen (secondary N) is 1. The maximum atomic E-state index is 11.6. The van der Waals surface area contributed by atoms with Crippen LogP contribution in [0.2, 0.25) is 0 Å².